The van der Waals surface area contributed by atoms with Crippen molar-refractivity contribution < 1.29 is 9.90 Å². The van der Waals surface area contributed by atoms with Gasteiger partial charge in [-0.25, -0.2) is 9.78 Å². The smallest absolute Gasteiger partial charge is 0.354 e. The molecule has 2 aromatic heterocycles. The Hall–Kier alpha value is -2.56. The normalized spacial score (nSPS) is 11.2. The zero-order valence-corrected chi connectivity index (χ0v) is 11.6. The van der Waals surface area contributed by atoms with Crippen LogP contribution in [0.25, 0.3) is 22.2 Å². The molecule has 5 heteroatoms. The molecule has 0 aliphatic rings. The second-order valence-corrected chi connectivity index (χ2v) is 4.89. The van der Waals surface area contributed by atoms with E-state index in [4.69, 9.17) is 0 Å². The van der Waals surface area contributed by atoms with Crippen molar-refractivity contribution in [3.8, 4) is 11.3 Å². The number of fused-ring (bicyclic) bond motifs is 1. The maximum absolute atomic E-state index is 11.5. The zero-order valence-electron chi connectivity index (χ0n) is 11.6. The summed E-state index contributed by atoms with van der Waals surface area (Å²) in [6, 6.07) is 7.91. The van der Waals surface area contributed by atoms with E-state index in [2.05, 4.69) is 4.98 Å². The van der Waals surface area contributed by atoms with Gasteiger partial charge in [0.05, 0.1) is 0 Å². The molecule has 1 aromatic carbocycles. The van der Waals surface area contributed by atoms with Crippen molar-refractivity contribution in [1.29, 1.82) is 0 Å². The molecule has 0 radical (unpaired) electrons. The standard InChI is InChI=1S/C15H15N3O2/c1-9-16-13(14(15(19)20)18(9)3)11-8-17(2)12-7-5-4-6-10(11)12/h4-8H,1-3H3,(H,19,20). The monoisotopic (exact) mass is 269 g/mol. The molecule has 0 aliphatic carbocycles. The fraction of sp³-hybridized carbons (Fsp3) is 0.200. The Bertz CT molecular complexity index is 827. The summed E-state index contributed by atoms with van der Waals surface area (Å²) >= 11 is 0. The van der Waals surface area contributed by atoms with Gasteiger partial charge in [-0.1, -0.05) is 18.2 Å². The Balaban J connectivity index is 2.37. The minimum Gasteiger partial charge on any atom is -0.477 e. The first-order chi connectivity index (χ1) is 9.50. The van der Waals surface area contributed by atoms with Crippen molar-refractivity contribution in [2.45, 2.75) is 6.92 Å². The molecule has 0 aliphatic heterocycles. The lowest BCUT2D eigenvalue weighted by molar-refractivity contribution is 0.0687. The topological polar surface area (TPSA) is 60.1 Å². The fourth-order valence-corrected chi connectivity index (χ4v) is 2.57. The minimum absolute atomic E-state index is 0.221. The van der Waals surface area contributed by atoms with E-state index >= 15 is 0 Å². The van der Waals surface area contributed by atoms with Gasteiger partial charge in [0.1, 0.15) is 11.5 Å². The third-order valence-electron chi connectivity index (χ3n) is 3.67. The van der Waals surface area contributed by atoms with Gasteiger partial charge in [0, 0.05) is 36.8 Å². The number of hydrogen-bond acceptors (Lipinski definition) is 2. The summed E-state index contributed by atoms with van der Waals surface area (Å²) in [4.78, 5) is 15.9. The molecule has 3 rings (SSSR count). The van der Waals surface area contributed by atoms with E-state index in [1.165, 1.54) is 0 Å². The van der Waals surface area contributed by atoms with Crippen LogP contribution in [0.4, 0.5) is 0 Å². The average Bonchev–Trinajstić information content (AvgIpc) is 2.89. The molecule has 1 N–H and O–H groups in total. The van der Waals surface area contributed by atoms with Crippen LogP contribution in [-0.4, -0.2) is 25.2 Å². The molecule has 5 nitrogen and oxygen atoms in total. The number of hydrogen-bond donors (Lipinski definition) is 1. The average molecular weight is 269 g/mol. The van der Waals surface area contributed by atoms with Crippen molar-refractivity contribution in [3.63, 3.8) is 0 Å². The summed E-state index contributed by atoms with van der Waals surface area (Å²) in [7, 11) is 3.67. The third kappa shape index (κ3) is 1.63. The number of para-hydroxylation sites is 1. The Morgan fingerprint density at radius 3 is 2.65 bits per heavy atom. The summed E-state index contributed by atoms with van der Waals surface area (Å²) in [5.74, 6) is -0.277. The molecule has 0 fully saturated rings. The molecular weight excluding hydrogens is 254 g/mol. The van der Waals surface area contributed by atoms with Crippen LogP contribution >= 0.6 is 0 Å². The van der Waals surface area contributed by atoms with E-state index in [1.807, 2.05) is 42.1 Å². The number of aromatic nitrogens is 3. The zero-order chi connectivity index (χ0) is 14.4. The van der Waals surface area contributed by atoms with E-state index in [0.29, 0.717) is 11.5 Å². The van der Waals surface area contributed by atoms with Crippen molar-refractivity contribution >= 4 is 16.9 Å². The predicted molar refractivity (Wildman–Crippen MR) is 76.8 cm³/mol. The molecular formula is C15H15N3O2. The first kappa shape index (κ1) is 12.5. The van der Waals surface area contributed by atoms with Crippen LogP contribution in [0.3, 0.4) is 0 Å². The van der Waals surface area contributed by atoms with Crippen molar-refractivity contribution in [1.82, 2.24) is 14.1 Å². The molecule has 102 valence electrons. The maximum Gasteiger partial charge on any atom is 0.354 e. The van der Waals surface area contributed by atoms with Gasteiger partial charge in [0.15, 0.2) is 5.69 Å². The van der Waals surface area contributed by atoms with E-state index < -0.39 is 5.97 Å². The highest BCUT2D eigenvalue weighted by atomic mass is 16.4. The maximum atomic E-state index is 11.5. The van der Waals surface area contributed by atoms with Gasteiger partial charge in [-0.3, -0.25) is 0 Å². The van der Waals surface area contributed by atoms with Gasteiger partial charge >= 0.3 is 5.97 Å². The number of carboxylic acids is 1. The Kier molecular flexibility index (Phi) is 2.64. The van der Waals surface area contributed by atoms with Gasteiger partial charge in [-0.2, -0.15) is 0 Å². The second kappa shape index (κ2) is 4.23. The van der Waals surface area contributed by atoms with E-state index in [0.717, 1.165) is 16.5 Å². The number of imidazole rings is 1. The van der Waals surface area contributed by atoms with Crippen molar-refractivity contribution in [2.24, 2.45) is 14.1 Å². The van der Waals surface area contributed by atoms with Crippen LogP contribution in [0.15, 0.2) is 30.5 Å². The van der Waals surface area contributed by atoms with Gasteiger partial charge in [-0.05, 0) is 13.0 Å². The molecule has 0 spiro atoms. The number of carbonyl (C=O) groups is 1. The number of carboxylic acid groups (broad SMARTS) is 1. The molecule has 0 saturated carbocycles. The van der Waals surface area contributed by atoms with E-state index in [1.54, 1.807) is 18.5 Å². The first-order valence-electron chi connectivity index (χ1n) is 6.31. The largest absolute Gasteiger partial charge is 0.477 e. The fourth-order valence-electron chi connectivity index (χ4n) is 2.57. The predicted octanol–water partition coefficient (Wildman–Crippen LogP) is 2.59. The number of rotatable bonds is 2. The van der Waals surface area contributed by atoms with Crippen LogP contribution < -0.4 is 0 Å². The number of nitrogens with zero attached hydrogens (tertiary/aromatic N) is 3. The molecule has 0 bridgehead atoms. The first-order valence-corrected chi connectivity index (χ1v) is 6.31. The number of benzene rings is 1. The van der Waals surface area contributed by atoms with Crippen molar-refractivity contribution in [2.75, 3.05) is 0 Å². The molecule has 2 heterocycles. The number of aryl methyl sites for hydroxylation is 2. The van der Waals surface area contributed by atoms with Gasteiger partial charge in [0.25, 0.3) is 0 Å². The minimum atomic E-state index is -0.962. The highest BCUT2D eigenvalue weighted by molar-refractivity contribution is 6.01. The lowest BCUT2D eigenvalue weighted by Gasteiger charge is -2.00. The Morgan fingerprint density at radius 2 is 1.95 bits per heavy atom. The van der Waals surface area contributed by atoms with Crippen LogP contribution in [-0.2, 0) is 14.1 Å². The third-order valence-corrected chi connectivity index (χ3v) is 3.67. The Labute approximate surface area is 116 Å². The van der Waals surface area contributed by atoms with Gasteiger partial charge in [0.2, 0.25) is 0 Å². The second-order valence-electron chi connectivity index (χ2n) is 4.89. The molecule has 0 unspecified atom stereocenters. The van der Waals surface area contributed by atoms with Crippen LogP contribution in [0.5, 0.6) is 0 Å². The molecule has 0 saturated heterocycles. The lowest BCUT2D eigenvalue weighted by Crippen LogP contribution is -2.06. The SMILES string of the molecule is Cc1nc(-c2cn(C)c3ccccc23)c(C(=O)O)n1C. The van der Waals surface area contributed by atoms with Crippen LogP contribution in [0, 0.1) is 6.92 Å². The lowest BCUT2D eigenvalue weighted by atomic mass is 10.1. The summed E-state index contributed by atoms with van der Waals surface area (Å²) in [5, 5.41) is 10.4. The highest BCUT2D eigenvalue weighted by Crippen LogP contribution is 2.31. The molecule has 3 aromatic rings. The van der Waals surface area contributed by atoms with E-state index in [9.17, 15) is 9.90 Å². The van der Waals surface area contributed by atoms with Crippen LogP contribution in [0.2, 0.25) is 0 Å². The molecule has 0 amide bonds. The number of aromatic carboxylic acids is 1. The van der Waals surface area contributed by atoms with Gasteiger partial charge in [-0.15, -0.1) is 0 Å². The quantitative estimate of drug-likeness (QED) is 0.778. The van der Waals surface area contributed by atoms with E-state index in [-0.39, 0.29) is 5.69 Å². The van der Waals surface area contributed by atoms with Crippen molar-refractivity contribution in [3.05, 3.63) is 42.0 Å². The Morgan fingerprint density at radius 1 is 1.25 bits per heavy atom. The summed E-state index contributed by atoms with van der Waals surface area (Å²) in [6.45, 7) is 1.81. The summed E-state index contributed by atoms with van der Waals surface area (Å²) in [6.07, 6.45) is 1.93. The summed E-state index contributed by atoms with van der Waals surface area (Å²) in [5.41, 5.74) is 2.65. The highest BCUT2D eigenvalue weighted by Gasteiger charge is 2.22. The summed E-state index contributed by atoms with van der Waals surface area (Å²) < 4.78 is 3.60. The van der Waals surface area contributed by atoms with Gasteiger partial charge < -0.3 is 14.2 Å². The van der Waals surface area contributed by atoms with Crippen LogP contribution in [0.1, 0.15) is 16.3 Å². The molecule has 20 heavy (non-hydrogen) atoms. The molecule has 0 atom stereocenters.